The molecule has 25 heavy (non-hydrogen) atoms. The number of thioether (sulfide) groups is 1. The minimum Gasteiger partial charge on any atom is -0.480 e. The van der Waals surface area contributed by atoms with Gasteiger partial charge >= 0.3 is 5.97 Å². The van der Waals surface area contributed by atoms with Gasteiger partial charge in [0.2, 0.25) is 0 Å². The topological polar surface area (TPSA) is 150 Å². The molecule has 3 heterocycles. The van der Waals surface area contributed by atoms with Crippen LogP contribution in [0.1, 0.15) is 19.1 Å². The Morgan fingerprint density at radius 1 is 1.52 bits per heavy atom. The quantitative estimate of drug-likeness (QED) is 0.503. The number of nitrogens with zero attached hydrogens (tertiary/aromatic N) is 3. The molecule has 10 heteroatoms. The Morgan fingerprint density at radius 2 is 2.32 bits per heavy atom. The Balaban J connectivity index is 1.58. The zero-order valence-corrected chi connectivity index (χ0v) is 14.3. The number of carbonyl (C=O) groups is 1. The number of carboxylic acids is 1. The van der Waals surface area contributed by atoms with E-state index in [2.05, 4.69) is 9.97 Å². The number of fused-ring (bicyclic) bond motifs is 1. The molecule has 2 aromatic heterocycles. The molecule has 9 nitrogen and oxygen atoms in total. The predicted octanol–water partition coefficient (Wildman–Crippen LogP) is 0.197. The normalized spacial score (nSPS) is 24.6. The van der Waals surface area contributed by atoms with E-state index in [0.29, 0.717) is 35.8 Å². The van der Waals surface area contributed by atoms with Gasteiger partial charge in [-0.3, -0.25) is 4.79 Å². The number of carboxylic acid groups (broad SMARTS) is 1. The minimum atomic E-state index is -0.992. The fourth-order valence-corrected chi connectivity index (χ4v) is 3.90. The van der Waals surface area contributed by atoms with E-state index in [-0.39, 0.29) is 6.10 Å². The van der Waals surface area contributed by atoms with E-state index in [4.69, 9.17) is 21.3 Å². The molecule has 0 aliphatic carbocycles. The molecule has 0 bridgehead atoms. The van der Waals surface area contributed by atoms with Gasteiger partial charge in [0.1, 0.15) is 29.9 Å². The summed E-state index contributed by atoms with van der Waals surface area (Å²) in [5.41, 5.74) is 11.9. The summed E-state index contributed by atoms with van der Waals surface area (Å²) >= 11 is 1.57. The number of aliphatic carboxylic acids is 1. The number of anilines is 1. The van der Waals surface area contributed by atoms with Gasteiger partial charge in [-0.1, -0.05) is 0 Å². The summed E-state index contributed by atoms with van der Waals surface area (Å²) < 4.78 is 7.73. The highest BCUT2D eigenvalue weighted by molar-refractivity contribution is 7.99. The smallest absolute Gasteiger partial charge is 0.320 e. The first kappa shape index (κ1) is 17.9. The highest BCUT2D eigenvalue weighted by Crippen LogP contribution is 2.33. The maximum Gasteiger partial charge on any atom is 0.320 e. The molecule has 0 saturated carbocycles. The average molecular weight is 367 g/mol. The summed E-state index contributed by atoms with van der Waals surface area (Å²) in [5.74, 6) is 0.688. The van der Waals surface area contributed by atoms with Crippen LogP contribution in [0.5, 0.6) is 0 Å². The summed E-state index contributed by atoms with van der Waals surface area (Å²) in [4.78, 5) is 18.9. The molecule has 4 atom stereocenters. The Hall–Kier alpha value is -1.88. The average Bonchev–Trinajstić information content (AvgIpc) is 3.15. The molecule has 0 spiro atoms. The van der Waals surface area contributed by atoms with E-state index in [1.54, 1.807) is 28.6 Å². The van der Waals surface area contributed by atoms with Crippen molar-refractivity contribution in [2.75, 3.05) is 17.2 Å². The zero-order valence-electron chi connectivity index (χ0n) is 13.5. The molecule has 136 valence electrons. The van der Waals surface area contributed by atoms with Crippen molar-refractivity contribution < 1.29 is 19.7 Å². The second-order valence-electron chi connectivity index (χ2n) is 5.98. The van der Waals surface area contributed by atoms with E-state index in [0.717, 1.165) is 5.39 Å². The molecule has 0 amide bonds. The van der Waals surface area contributed by atoms with Crippen LogP contribution in [-0.4, -0.2) is 60.5 Å². The van der Waals surface area contributed by atoms with Crippen LogP contribution < -0.4 is 11.5 Å². The summed E-state index contributed by atoms with van der Waals surface area (Å²) in [6.07, 6.45) is 2.76. The lowest BCUT2D eigenvalue weighted by Crippen LogP contribution is -2.30. The number of hydrogen-bond donors (Lipinski definition) is 4. The first-order valence-corrected chi connectivity index (χ1v) is 9.09. The first-order chi connectivity index (χ1) is 12.0. The highest BCUT2D eigenvalue weighted by Gasteiger charge is 2.35. The van der Waals surface area contributed by atoms with E-state index in [1.165, 1.54) is 6.33 Å². The summed E-state index contributed by atoms with van der Waals surface area (Å²) in [6.45, 7) is 0. The van der Waals surface area contributed by atoms with Crippen LogP contribution in [0.3, 0.4) is 0 Å². The predicted molar refractivity (Wildman–Crippen MR) is 94.0 cm³/mol. The van der Waals surface area contributed by atoms with E-state index >= 15 is 0 Å². The van der Waals surface area contributed by atoms with Crippen molar-refractivity contribution in [2.45, 2.75) is 37.3 Å². The Morgan fingerprint density at radius 3 is 3.08 bits per heavy atom. The monoisotopic (exact) mass is 367 g/mol. The minimum absolute atomic E-state index is 0.123. The molecule has 6 N–H and O–H groups in total. The third-order valence-electron chi connectivity index (χ3n) is 4.17. The van der Waals surface area contributed by atoms with Crippen LogP contribution in [-0.2, 0) is 9.53 Å². The molecule has 1 aliphatic rings. The van der Waals surface area contributed by atoms with Gasteiger partial charge in [0.25, 0.3) is 0 Å². The van der Waals surface area contributed by atoms with Crippen LogP contribution >= 0.6 is 11.8 Å². The zero-order chi connectivity index (χ0) is 18.0. The van der Waals surface area contributed by atoms with Crippen molar-refractivity contribution in [1.82, 2.24) is 14.5 Å². The fourth-order valence-electron chi connectivity index (χ4n) is 2.83. The van der Waals surface area contributed by atoms with Crippen molar-refractivity contribution in [1.29, 1.82) is 0 Å². The van der Waals surface area contributed by atoms with Crippen LogP contribution in [0.15, 0.2) is 18.6 Å². The standard InChI is InChI=1S/C15H21N5O4S/c16-10(15(22)23)2-4-25-6-8-5-11(21)14(24-8)20-3-1-9-12(17)18-7-19-13(9)20/h1,3,7-8,10-11,14,21H,2,4-6,16H2,(H,22,23)(H2,17,18,19)/t8-,10-,11+,14+/m0/s1. The molecular weight excluding hydrogens is 346 g/mol. The van der Waals surface area contributed by atoms with Gasteiger partial charge in [-0.15, -0.1) is 0 Å². The van der Waals surface area contributed by atoms with Crippen LogP contribution in [0.25, 0.3) is 11.0 Å². The second kappa shape index (κ2) is 7.56. The van der Waals surface area contributed by atoms with Gasteiger partial charge in [-0.2, -0.15) is 11.8 Å². The van der Waals surface area contributed by atoms with E-state index in [1.807, 2.05) is 0 Å². The molecule has 0 radical (unpaired) electrons. The van der Waals surface area contributed by atoms with Crippen LogP contribution in [0, 0.1) is 0 Å². The lowest BCUT2D eigenvalue weighted by Gasteiger charge is -2.17. The molecular formula is C15H21N5O4S. The van der Waals surface area contributed by atoms with Crippen molar-refractivity contribution in [3.05, 3.63) is 18.6 Å². The molecule has 2 aromatic rings. The number of aliphatic hydroxyl groups excluding tert-OH is 1. The third kappa shape index (κ3) is 3.87. The molecule has 0 unspecified atom stereocenters. The van der Waals surface area contributed by atoms with Crippen molar-refractivity contribution in [3.8, 4) is 0 Å². The second-order valence-corrected chi connectivity index (χ2v) is 7.13. The van der Waals surface area contributed by atoms with E-state index in [9.17, 15) is 9.90 Å². The van der Waals surface area contributed by atoms with Gasteiger partial charge in [-0.05, 0) is 18.2 Å². The summed E-state index contributed by atoms with van der Waals surface area (Å²) in [6, 6.07) is 0.961. The maximum absolute atomic E-state index is 10.7. The SMILES string of the molecule is Nc1ncnc2c1ccn2[C@@H]1O[C@H](CSCC[C@H](N)C(=O)O)C[C@H]1O. The summed E-state index contributed by atoms with van der Waals surface area (Å²) in [7, 11) is 0. The molecule has 1 saturated heterocycles. The maximum atomic E-state index is 10.7. The van der Waals surface area contributed by atoms with Gasteiger partial charge < -0.3 is 31.0 Å². The molecule has 0 aromatic carbocycles. The lowest BCUT2D eigenvalue weighted by atomic mass is 10.2. The highest BCUT2D eigenvalue weighted by atomic mass is 32.2. The van der Waals surface area contributed by atoms with Crippen molar-refractivity contribution in [3.63, 3.8) is 0 Å². The van der Waals surface area contributed by atoms with Crippen molar-refractivity contribution >= 4 is 34.6 Å². The Kier molecular flexibility index (Phi) is 5.42. The number of nitrogen functional groups attached to an aromatic ring is 1. The number of ether oxygens (including phenoxy) is 1. The Labute approximate surface area is 148 Å². The largest absolute Gasteiger partial charge is 0.480 e. The van der Waals surface area contributed by atoms with Gasteiger partial charge in [0.15, 0.2) is 6.23 Å². The molecule has 3 rings (SSSR count). The number of nitrogens with two attached hydrogens (primary N) is 2. The Bertz CT molecular complexity index is 755. The third-order valence-corrected chi connectivity index (χ3v) is 5.31. The molecule has 1 fully saturated rings. The fraction of sp³-hybridized carbons (Fsp3) is 0.533. The van der Waals surface area contributed by atoms with Gasteiger partial charge in [0.05, 0.1) is 11.5 Å². The number of hydrogen-bond acceptors (Lipinski definition) is 8. The van der Waals surface area contributed by atoms with Crippen LogP contribution in [0.4, 0.5) is 5.82 Å². The number of rotatable bonds is 7. The van der Waals surface area contributed by atoms with Crippen molar-refractivity contribution in [2.24, 2.45) is 5.73 Å². The lowest BCUT2D eigenvalue weighted by molar-refractivity contribution is -0.138. The first-order valence-electron chi connectivity index (χ1n) is 7.94. The number of aromatic nitrogens is 3. The van der Waals surface area contributed by atoms with Gasteiger partial charge in [0, 0.05) is 18.4 Å². The molecule has 1 aliphatic heterocycles. The summed E-state index contributed by atoms with van der Waals surface area (Å²) in [5, 5.41) is 19.8. The van der Waals surface area contributed by atoms with E-state index < -0.39 is 24.3 Å². The number of aliphatic hydroxyl groups is 1. The van der Waals surface area contributed by atoms with Crippen LogP contribution in [0.2, 0.25) is 0 Å². The van der Waals surface area contributed by atoms with Gasteiger partial charge in [-0.25, -0.2) is 9.97 Å².